The molecule has 7 heteroatoms. The number of rotatable bonds is 5. The summed E-state index contributed by atoms with van der Waals surface area (Å²) in [6.07, 6.45) is 0. The fourth-order valence-electron chi connectivity index (χ4n) is 3.12. The quantitative estimate of drug-likeness (QED) is 0.583. The van der Waals surface area contributed by atoms with Gasteiger partial charge in [-0.25, -0.2) is 18.8 Å². The zero-order valence-electron chi connectivity index (χ0n) is 15.8. The number of carbonyl (C=O) groups is 3. The lowest BCUT2D eigenvalue weighted by molar-refractivity contribution is 0.0501. The molecule has 6 nitrogen and oxygen atoms in total. The minimum Gasteiger partial charge on any atom is -0.465 e. The first-order valence-electron chi connectivity index (χ1n) is 8.41. The molecule has 0 bridgehead atoms. The Morgan fingerprint density at radius 1 is 0.926 bits per heavy atom. The van der Waals surface area contributed by atoms with E-state index in [2.05, 4.69) is 0 Å². The first kappa shape index (κ1) is 20.4. The summed E-state index contributed by atoms with van der Waals surface area (Å²) in [5.41, 5.74) is -0.126. The van der Waals surface area contributed by atoms with Crippen molar-refractivity contribution in [2.24, 2.45) is 0 Å². The van der Waals surface area contributed by atoms with Crippen LogP contribution in [0.25, 0.3) is 10.8 Å². The molecule has 0 fully saturated rings. The molecule has 0 atom stereocenters. The van der Waals surface area contributed by atoms with Crippen molar-refractivity contribution < 1.29 is 33.0 Å². The van der Waals surface area contributed by atoms with Crippen molar-refractivity contribution >= 4 is 28.7 Å². The number of esters is 3. The van der Waals surface area contributed by atoms with Gasteiger partial charge in [-0.2, -0.15) is 0 Å². The summed E-state index contributed by atoms with van der Waals surface area (Å²) in [5, 5.41) is 0.632. The van der Waals surface area contributed by atoms with Crippen molar-refractivity contribution in [2.45, 2.75) is 26.7 Å². The summed E-state index contributed by atoms with van der Waals surface area (Å²) in [6.45, 7) is 5.25. The van der Waals surface area contributed by atoms with E-state index >= 15 is 0 Å². The summed E-state index contributed by atoms with van der Waals surface area (Å²) in [6, 6.07) is 3.78. The van der Waals surface area contributed by atoms with Crippen LogP contribution in [0.4, 0.5) is 4.39 Å². The minimum absolute atomic E-state index is 0.0572. The summed E-state index contributed by atoms with van der Waals surface area (Å²) in [5.74, 6) is -3.33. The van der Waals surface area contributed by atoms with Crippen LogP contribution in [0, 0.1) is 5.82 Å². The molecule has 2 aromatic carbocycles. The second-order valence-corrected chi connectivity index (χ2v) is 6.09. The second-order valence-electron chi connectivity index (χ2n) is 6.09. The molecule has 0 aliphatic heterocycles. The molecule has 0 unspecified atom stereocenters. The highest BCUT2D eigenvalue weighted by atomic mass is 19.1. The van der Waals surface area contributed by atoms with Gasteiger partial charge in [0.15, 0.2) is 0 Å². The zero-order chi connectivity index (χ0) is 20.3. The predicted octanol–water partition coefficient (Wildman–Crippen LogP) is 3.85. The Labute approximate surface area is 156 Å². The standard InChI is InChI=1S/C20H21FO6/c1-6-27-20(24)15-12-8-7-11(21)9-13(12)14(10(2)3)16(18(22)25-4)17(15)19(23)26-5/h7-10H,6H2,1-5H3. The van der Waals surface area contributed by atoms with Crippen molar-refractivity contribution in [3.8, 4) is 0 Å². The van der Waals surface area contributed by atoms with E-state index in [0.717, 1.165) is 14.2 Å². The smallest absolute Gasteiger partial charge is 0.339 e. The topological polar surface area (TPSA) is 78.9 Å². The third kappa shape index (κ3) is 3.63. The third-order valence-electron chi connectivity index (χ3n) is 4.15. The second kappa shape index (κ2) is 8.16. The monoisotopic (exact) mass is 376 g/mol. The van der Waals surface area contributed by atoms with E-state index in [-0.39, 0.29) is 29.2 Å². The molecule has 0 heterocycles. The molecule has 144 valence electrons. The Hall–Kier alpha value is -2.96. The molecule has 0 saturated carbocycles. The number of benzene rings is 2. The van der Waals surface area contributed by atoms with E-state index in [9.17, 15) is 18.8 Å². The lowest BCUT2D eigenvalue weighted by Crippen LogP contribution is -2.22. The van der Waals surface area contributed by atoms with Crippen LogP contribution in [0.15, 0.2) is 18.2 Å². The molecule has 0 saturated heterocycles. The number of hydrogen-bond donors (Lipinski definition) is 0. The Bertz CT molecular complexity index is 917. The van der Waals surface area contributed by atoms with Crippen LogP contribution in [0.1, 0.15) is 63.3 Å². The number of carbonyl (C=O) groups excluding carboxylic acids is 3. The fraction of sp³-hybridized carbons (Fsp3) is 0.350. The van der Waals surface area contributed by atoms with Crippen molar-refractivity contribution in [1.82, 2.24) is 0 Å². The summed E-state index contributed by atoms with van der Waals surface area (Å²) in [4.78, 5) is 37.8. The number of fused-ring (bicyclic) bond motifs is 1. The van der Waals surface area contributed by atoms with E-state index in [4.69, 9.17) is 14.2 Å². The van der Waals surface area contributed by atoms with Crippen LogP contribution in [-0.4, -0.2) is 38.7 Å². The van der Waals surface area contributed by atoms with Gasteiger partial charge < -0.3 is 14.2 Å². The van der Waals surface area contributed by atoms with Gasteiger partial charge in [0.2, 0.25) is 0 Å². The van der Waals surface area contributed by atoms with Crippen molar-refractivity contribution in [3.05, 3.63) is 46.3 Å². The van der Waals surface area contributed by atoms with Gasteiger partial charge in [0.05, 0.1) is 37.5 Å². The van der Waals surface area contributed by atoms with Crippen LogP contribution in [0.5, 0.6) is 0 Å². The van der Waals surface area contributed by atoms with E-state index in [0.29, 0.717) is 16.3 Å². The molecular weight excluding hydrogens is 355 g/mol. The Morgan fingerprint density at radius 2 is 1.52 bits per heavy atom. The normalized spacial score (nSPS) is 10.8. The summed E-state index contributed by atoms with van der Waals surface area (Å²) in [7, 11) is 2.30. The minimum atomic E-state index is -0.883. The van der Waals surface area contributed by atoms with E-state index < -0.39 is 23.7 Å². The maximum atomic E-state index is 14.0. The number of halogens is 1. The highest BCUT2D eigenvalue weighted by Crippen LogP contribution is 2.37. The molecule has 0 amide bonds. The van der Waals surface area contributed by atoms with Gasteiger partial charge in [-0.05, 0) is 41.3 Å². The van der Waals surface area contributed by atoms with Crippen LogP contribution in [0.2, 0.25) is 0 Å². The number of methoxy groups -OCH3 is 2. The van der Waals surface area contributed by atoms with Crippen LogP contribution >= 0.6 is 0 Å². The average Bonchev–Trinajstić information content (AvgIpc) is 2.64. The van der Waals surface area contributed by atoms with Crippen LogP contribution < -0.4 is 0 Å². The molecule has 0 aliphatic carbocycles. The molecule has 0 N–H and O–H groups in total. The van der Waals surface area contributed by atoms with Crippen LogP contribution in [-0.2, 0) is 14.2 Å². The molecule has 0 aliphatic rings. The maximum absolute atomic E-state index is 14.0. The van der Waals surface area contributed by atoms with Crippen molar-refractivity contribution in [1.29, 1.82) is 0 Å². The Kier molecular flexibility index (Phi) is 6.15. The van der Waals surface area contributed by atoms with Gasteiger partial charge in [-0.15, -0.1) is 0 Å². The molecule has 0 aromatic heterocycles. The molecule has 2 rings (SSSR count). The van der Waals surface area contributed by atoms with Gasteiger partial charge in [0, 0.05) is 0 Å². The lowest BCUT2D eigenvalue weighted by Gasteiger charge is -2.21. The zero-order valence-corrected chi connectivity index (χ0v) is 15.8. The Balaban J connectivity index is 3.17. The number of ether oxygens (including phenoxy) is 3. The van der Waals surface area contributed by atoms with Gasteiger partial charge >= 0.3 is 17.9 Å². The largest absolute Gasteiger partial charge is 0.465 e. The molecule has 0 radical (unpaired) electrons. The Morgan fingerprint density at radius 3 is 2.04 bits per heavy atom. The third-order valence-corrected chi connectivity index (χ3v) is 4.15. The van der Waals surface area contributed by atoms with Gasteiger partial charge in [0.1, 0.15) is 5.82 Å². The van der Waals surface area contributed by atoms with Gasteiger partial charge in [-0.1, -0.05) is 19.9 Å². The van der Waals surface area contributed by atoms with Gasteiger partial charge in [0.25, 0.3) is 0 Å². The average molecular weight is 376 g/mol. The molecule has 0 spiro atoms. The van der Waals surface area contributed by atoms with E-state index in [1.54, 1.807) is 20.8 Å². The summed E-state index contributed by atoms with van der Waals surface area (Å²) < 4.78 is 28.7. The van der Waals surface area contributed by atoms with Gasteiger partial charge in [-0.3, -0.25) is 0 Å². The van der Waals surface area contributed by atoms with Crippen molar-refractivity contribution in [3.63, 3.8) is 0 Å². The maximum Gasteiger partial charge on any atom is 0.339 e. The first-order chi connectivity index (χ1) is 12.8. The molecule has 2 aromatic rings. The van der Waals surface area contributed by atoms with Crippen LogP contribution in [0.3, 0.4) is 0 Å². The predicted molar refractivity (Wildman–Crippen MR) is 96.6 cm³/mol. The van der Waals surface area contributed by atoms with Crippen molar-refractivity contribution in [2.75, 3.05) is 20.8 Å². The summed E-state index contributed by atoms with van der Waals surface area (Å²) >= 11 is 0. The van der Waals surface area contributed by atoms with E-state index in [1.807, 2.05) is 0 Å². The first-order valence-corrected chi connectivity index (χ1v) is 8.41. The fourth-order valence-corrected chi connectivity index (χ4v) is 3.12. The lowest BCUT2D eigenvalue weighted by atomic mass is 9.84. The van der Waals surface area contributed by atoms with E-state index in [1.165, 1.54) is 18.2 Å². The molecular formula is C20H21FO6. The SMILES string of the molecule is CCOC(=O)c1c(C(=O)OC)c(C(=O)OC)c(C(C)C)c2cc(F)ccc12. The highest BCUT2D eigenvalue weighted by molar-refractivity contribution is 6.19. The molecule has 27 heavy (non-hydrogen) atoms. The highest BCUT2D eigenvalue weighted by Gasteiger charge is 2.33. The number of hydrogen-bond acceptors (Lipinski definition) is 6.